The van der Waals surface area contributed by atoms with Crippen molar-refractivity contribution in [1.29, 1.82) is 0 Å². The number of hydrogen-bond acceptors (Lipinski definition) is 5. The molecule has 9 nitrogen and oxygen atoms in total. The van der Waals surface area contributed by atoms with E-state index in [1.807, 2.05) is 4.90 Å². The van der Waals surface area contributed by atoms with E-state index in [1.54, 1.807) is 13.8 Å². The van der Waals surface area contributed by atoms with Crippen LogP contribution in [0.25, 0.3) is 0 Å². The van der Waals surface area contributed by atoms with Crippen LogP contribution in [0.15, 0.2) is 24.3 Å². The molecule has 0 aromatic heterocycles. The number of benzene rings is 1. The van der Waals surface area contributed by atoms with Crippen molar-refractivity contribution in [3.05, 3.63) is 35.6 Å². The molecular weight excluding hydrogens is 389 g/mol. The summed E-state index contributed by atoms with van der Waals surface area (Å²) < 4.78 is 40.7. The van der Waals surface area contributed by atoms with Gasteiger partial charge in [0.1, 0.15) is 5.82 Å². The van der Waals surface area contributed by atoms with E-state index in [0.717, 1.165) is 12.1 Å². The van der Waals surface area contributed by atoms with Gasteiger partial charge in [-0.15, -0.1) is 0 Å². The summed E-state index contributed by atoms with van der Waals surface area (Å²) >= 11 is 0. The van der Waals surface area contributed by atoms with Crippen LogP contribution in [0, 0.1) is 5.82 Å². The molecule has 1 saturated heterocycles. The zero-order valence-corrected chi connectivity index (χ0v) is 16.8. The third-order valence-electron chi connectivity index (χ3n) is 4.48. The topological polar surface area (TPSA) is 102 Å². The molecule has 2 rings (SSSR count). The van der Waals surface area contributed by atoms with E-state index < -0.39 is 27.8 Å². The number of hydrogen-bond donors (Lipinski definition) is 2. The van der Waals surface area contributed by atoms with Gasteiger partial charge >= 0.3 is 0 Å². The van der Waals surface area contributed by atoms with Gasteiger partial charge in [-0.2, -0.15) is 17.0 Å². The number of nitrogens with zero attached hydrogens (tertiary/aromatic N) is 3. The Bertz CT molecular complexity index is 775. The molecule has 2 N–H and O–H groups in total. The average molecular weight is 415 g/mol. The Morgan fingerprint density at radius 2 is 1.61 bits per heavy atom. The lowest BCUT2D eigenvalue weighted by Gasteiger charge is -2.35. The van der Waals surface area contributed by atoms with Crippen molar-refractivity contribution >= 4 is 22.0 Å². The number of hydrazine groups is 1. The van der Waals surface area contributed by atoms with E-state index in [1.165, 1.54) is 20.7 Å². The van der Waals surface area contributed by atoms with Crippen LogP contribution in [-0.2, 0) is 15.0 Å². The summed E-state index contributed by atoms with van der Waals surface area (Å²) in [5.41, 5.74) is 4.80. The second-order valence-electron chi connectivity index (χ2n) is 6.28. The Morgan fingerprint density at radius 1 is 1.04 bits per heavy atom. The van der Waals surface area contributed by atoms with Crippen molar-refractivity contribution in [1.82, 2.24) is 24.4 Å². The lowest BCUT2D eigenvalue weighted by molar-refractivity contribution is -0.123. The van der Waals surface area contributed by atoms with E-state index in [9.17, 15) is 22.4 Å². The molecule has 0 atom stereocenters. The van der Waals surface area contributed by atoms with Crippen molar-refractivity contribution < 1.29 is 22.4 Å². The quantitative estimate of drug-likeness (QED) is 0.600. The molecule has 11 heteroatoms. The molecule has 1 heterocycles. The molecule has 1 aromatic rings. The fourth-order valence-electron chi connectivity index (χ4n) is 2.87. The summed E-state index contributed by atoms with van der Waals surface area (Å²) in [6, 6.07) is 4.93. The maximum Gasteiger partial charge on any atom is 0.282 e. The van der Waals surface area contributed by atoms with Crippen LogP contribution in [0.1, 0.15) is 24.2 Å². The number of amides is 2. The summed E-state index contributed by atoms with van der Waals surface area (Å²) in [5, 5.41) is 0. The lowest BCUT2D eigenvalue weighted by atomic mass is 10.2. The van der Waals surface area contributed by atoms with Gasteiger partial charge in [-0.05, 0) is 24.3 Å². The molecule has 28 heavy (non-hydrogen) atoms. The Labute approximate surface area is 164 Å². The first-order valence-corrected chi connectivity index (χ1v) is 10.5. The number of nitrogens with one attached hydrogen (secondary N) is 2. The number of piperazine rings is 1. The third kappa shape index (κ3) is 5.71. The molecule has 0 spiro atoms. The first kappa shape index (κ1) is 22.2. The zero-order chi connectivity index (χ0) is 20.7. The van der Waals surface area contributed by atoms with Crippen LogP contribution >= 0.6 is 0 Å². The number of carbonyl (C=O) groups excluding carboxylic acids is 2. The second kappa shape index (κ2) is 9.92. The zero-order valence-electron chi connectivity index (χ0n) is 16.0. The molecule has 1 aliphatic heterocycles. The highest BCUT2D eigenvalue weighted by Crippen LogP contribution is 2.11. The monoisotopic (exact) mass is 415 g/mol. The Hall–Kier alpha value is -2.08. The summed E-state index contributed by atoms with van der Waals surface area (Å²) in [6.07, 6.45) is 0. The number of halogens is 1. The van der Waals surface area contributed by atoms with Gasteiger partial charge in [-0.25, -0.2) is 4.39 Å². The molecule has 0 saturated carbocycles. The number of carbonyl (C=O) groups is 2. The van der Waals surface area contributed by atoms with Crippen molar-refractivity contribution in [3.63, 3.8) is 0 Å². The molecule has 156 valence electrons. The average Bonchev–Trinajstić information content (AvgIpc) is 2.68. The normalized spacial score (nSPS) is 16.1. The van der Waals surface area contributed by atoms with E-state index in [-0.39, 0.29) is 12.1 Å². The molecule has 0 bridgehead atoms. The van der Waals surface area contributed by atoms with Crippen LogP contribution in [0.2, 0.25) is 0 Å². The van der Waals surface area contributed by atoms with Crippen LogP contribution in [0.4, 0.5) is 4.39 Å². The lowest BCUT2D eigenvalue weighted by Crippen LogP contribution is -2.55. The smallest absolute Gasteiger partial charge is 0.282 e. The maximum atomic E-state index is 12.9. The van der Waals surface area contributed by atoms with E-state index in [4.69, 9.17) is 0 Å². The minimum Gasteiger partial charge on any atom is -0.292 e. The van der Waals surface area contributed by atoms with Crippen LogP contribution in [0.5, 0.6) is 0 Å². The van der Waals surface area contributed by atoms with Gasteiger partial charge in [0.2, 0.25) is 0 Å². The van der Waals surface area contributed by atoms with E-state index >= 15 is 0 Å². The van der Waals surface area contributed by atoms with Crippen molar-refractivity contribution in [3.8, 4) is 0 Å². The Balaban J connectivity index is 1.77. The predicted molar refractivity (Wildman–Crippen MR) is 102 cm³/mol. The molecule has 2 amide bonds. The first-order valence-electron chi connectivity index (χ1n) is 9.10. The van der Waals surface area contributed by atoms with Gasteiger partial charge in [0, 0.05) is 44.8 Å². The largest absolute Gasteiger partial charge is 0.292 e. The van der Waals surface area contributed by atoms with Gasteiger partial charge in [0.15, 0.2) is 0 Å². The Kier molecular flexibility index (Phi) is 7.87. The van der Waals surface area contributed by atoms with Crippen molar-refractivity contribution in [2.45, 2.75) is 13.8 Å². The first-order chi connectivity index (χ1) is 13.3. The van der Waals surface area contributed by atoms with Crippen LogP contribution in [0.3, 0.4) is 0 Å². The molecule has 0 aliphatic carbocycles. The Morgan fingerprint density at radius 3 is 2.14 bits per heavy atom. The fourth-order valence-corrected chi connectivity index (χ4v) is 4.48. The standard InChI is InChI=1S/C17H26FN5O4S/c1-3-22(4-2)28(26,27)23-11-9-21(10-12-23)13-16(24)19-20-17(25)14-5-7-15(18)8-6-14/h5-8H,3-4,9-13H2,1-2H3,(H,19,24)(H,20,25). The summed E-state index contributed by atoms with van der Waals surface area (Å²) in [4.78, 5) is 25.7. The number of rotatable bonds is 7. The maximum absolute atomic E-state index is 12.9. The second-order valence-corrected chi connectivity index (χ2v) is 8.20. The minimum absolute atomic E-state index is 0.0306. The molecule has 0 radical (unpaired) electrons. The highest BCUT2D eigenvalue weighted by atomic mass is 32.2. The van der Waals surface area contributed by atoms with Crippen molar-refractivity contribution in [2.75, 3.05) is 45.8 Å². The predicted octanol–water partition coefficient (Wildman–Crippen LogP) is -0.209. The molecule has 1 fully saturated rings. The molecule has 0 unspecified atom stereocenters. The molecular formula is C17H26FN5O4S. The highest BCUT2D eigenvalue weighted by molar-refractivity contribution is 7.86. The van der Waals surface area contributed by atoms with Crippen LogP contribution < -0.4 is 10.9 Å². The fraction of sp³-hybridized carbons (Fsp3) is 0.529. The van der Waals surface area contributed by atoms with E-state index in [0.29, 0.717) is 39.3 Å². The summed E-state index contributed by atoms with van der Waals surface area (Å²) in [7, 11) is -3.48. The van der Waals surface area contributed by atoms with Gasteiger partial charge in [0.05, 0.1) is 6.54 Å². The summed E-state index contributed by atoms with van der Waals surface area (Å²) in [5.74, 6) is -1.43. The van der Waals surface area contributed by atoms with E-state index in [2.05, 4.69) is 10.9 Å². The van der Waals surface area contributed by atoms with Crippen LogP contribution in [-0.4, -0.2) is 79.6 Å². The van der Waals surface area contributed by atoms with Gasteiger partial charge in [0.25, 0.3) is 22.0 Å². The van der Waals surface area contributed by atoms with Gasteiger partial charge < -0.3 is 0 Å². The highest BCUT2D eigenvalue weighted by Gasteiger charge is 2.31. The SMILES string of the molecule is CCN(CC)S(=O)(=O)N1CCN(CC(=O)NNC(=O)c2ccc(F)cc2)CC1. The third-order valence-corrected chi connectivity index (χ3v) is 6.67. The minimum atomic E-state index is -3.48. The van der Waals surface area contributed by atoms with Gasteiger partial charge in [-0.3, -0.25) is 25.3 Å². The molecule has 1 aromatic carbocycles. The summed E-state index contributed by atoms with van der Waals surface area (Å²) in [6.45, 7) is 5.87. The molecule has 1 aliphatic rings. The van der Waals surface area contributed by atoms with Crippen molar-refractivity contribution in [2.24, 2.45) is 0 Å². The van der Waals surface area contributed by atoms with Gasteiger partial charge in [-0.1, -0.05) is 13.8 Å².